The number of nitrogens with zero attached hydrogens (tertiary/aromatic N) is 1. The van der Waals surface area contributed by atoms with Crippen molar-refractivity contribution in [3.63, 3.8) is 0 Å². The third-order valence-electron chi connectivity index (χ3n) is 3.24. The summed E-state index contributed by atoms with van der Waals surface area (Å²) in [5.74, 6) is 0.146. The Bertz CT molecular complexity index is 386. The van der Waals surface area contributed by atoms with E-state index in [2.05, 4.69) is 36.7 Å². The van der Waals surface area contributed by atoms with Crippen molar-refractivity contribution in [1.29, 1.82) is 0 Å². The van der Waals surface area contributed by atoms with Crippen LogP contribution in [0.4, 0.5) is 0 Å². The molecule has 0 saturated heterocycles. The lowest BCUT2D eigenvalue weighted by Crippen LogP contribution is -2.37. The predicted molar refractivity (Wildman–Crippen MR) is 84.8 cm³/mol. The molecule has 0 aliphatic rings. The molecule has 0 unspecified atom stereocenters. The van der Waals surface area contributed by atoms with E-state index in [1.165, 1.54) is 18.4 Å². The van der Waals surface area contributed by atoms with E-state index < -0.39 is 0 Å². The highest BCUT2D eigenvalue weighted by atomic mass is 79.9. The van der Waals surface area contributed by atoms with Crippen LogP contribution in [0.5, 0.6) is 0 Å². The second-order valence-electron chi connectivity index (χ2n) is 5.13. The summed E-state index contributed by atoms with van der Waals surface area (Å²) in [6.07, 6.45) is 3.44. The quantitative estimate of drug-likeness (QED) is 0.529. The Hall–Kier alpha value is -0.830. The van der Waals surface area contributed by atoms with E-state index in [-0.39, 0.29) is 11.9 Å². The van der Waals surface area contributed by atoms with Gasteiger partial charge in [0.05, 0.1) is 0 Å². The summed E-state index contributed by atoms with van der Waals surface area (Å²) >= 11 is 3.42. The van der Waals surface area contributed by atoms with Gasteiger partial charge in [-0.1, -0.05) is 47.8 Å². The van der Waals surface area contributed by atoms with E-state index in [1.807, 2.05) is 29.2 Å². The predicted octanol–water partition coefficient (Wildman–Crippen LogP) is 4.62. The zero-order valence-electron chi connectivity index (χ0n) is 12.2. The van der Waals surface area contributed by atoms with E-state index in [1.54, 1.807) is 0 Å². The molecule has 0 fully saturated rings. The normalized spacial score (nSPS) is 10.8. The zero-order valence-corrected chi connectivity index (χ0v) is 13.7. The molecule has 0 N–H and O–H groups in total. The molecule has 2 nitrogen and oxygen atoms in total. The van der Waals surface area contributed by atoms with Crippen LogP contribution in [-0.2, 0) is 5.33 Å². The molecule has 0 radical (unpaired) electrons. The zero-order chi connectivity index (χ0) is 14.3. The first-order chi connectivity index (χ1) is 9.10. The number of hydrogen-bond acceptors (Lipinski definition) is 1. The number of rotatable bonds is 7. The number of hydrogen-bond donors (Lipinski definition) is 0. The number of amides is 1. The summed E-state index contributed by atoms with van der Waals surface area (Å²) in [7, 11) is 0. The fourth-order valence-corrected chi connectivity index (χ4v) is 2.40. The summed E-state index contributed by atoms with van der Waals surface area (Å²) in [5, 5.41) is 0.825. The highest BCUT2D eigenvalue weighted by Gasteiger charge is 2.17. The van der Waals surface area contributed by atoms with Gasteiger partial charge in [-0.15, -0.1) is 0 Å². The number of carbonyl (C=O) groups excluding carboxylic acids is 1. The van der Waals surface area contributed by atoms with Crippen LogP contribution in [-0.4, -0.2) is 23.4 Å². The molecule has 1 aromatic carbocycles. The highest BCUT2D eigenvalue weighted by Crippen LogP contribution is 2.13. The second-order valence-corrected chi connectivity index (χ2v) is 5.69. The molecule has 0 spiro atoms. The van der Waals surface area contributed by atoms with Gasteiger partial charge in [0.25, 0.3) is 5.91 Å². The lowest BCUT2D eigenvalue weighted by atomic mass is 10.1. The molecular weight excluding hydrogens is 302 g/mol. The molecule has 0 atom stereocenters. The maximum absolute atomic E-state index is 12.5. The number of benzene rings is 1. The molecule has 0 heterocycles. The highest BCUT2D eigenvalue weighted by molar-refractivity contribution is 9.08. The van der Waals surface area contributed by atoms with E-state index in [0.29, 0.717) is 0 Å². The van der Waals surface area contributed by atoms with Crippen LogP contribution in [0.2, 0.25) is 0 Å². The molecule has 1 amide bonds. The van der Waals surface area contributed by atoms with Crippen LogP contribution >= 0.6 is 15.9 Å². The van der Waals surface area contributed by atoms with Gasteiger partial charge in [-0.2, -0.15) is 0 Å². The van der Waals surface area contributed by atoms with Gasteiger partial charge in [-0.25, -0.2) is 0 Å². The van der Waals surface area contributed by atoms with Gasteiger partial charge in [0.2, 0.25) is 0 Å². The Morgan fingerprint density at radius 1 is 1.21 bits per heavy atom. The Balaban J connectivity index is 2.74. The number of carbonyl (C=O) groups is 1. The van der Waals surface area contributed by atoms with Gasteiger partial charge in [0.1, 0.15) is 0 Å². The molecule has 3 heteroatoms. The summed E-state index contributed by atoms with van der Waals surface area (Å²) in [6.45, 7) is 7.19. The summed E-state index contributed by atoms with van der Waals surface area (Å²) in [5.41, 5.74) is 1.98. The molecular formula is C16H24BrNO. The Morgan fingerprint density at radius 2 is 1.84 bits per heavy atom. The number of unbranched alkanes of at least 4 members (excludes halogenated alkanes) is 2. The molecule has 0 aromatic heterocycles. The van der Waals surface area contributed by atoms with Gasteiger partial charge in [0.15, 0.2) is 0 Å². The SMILES string of the molecule is CCCCCN(C(=O)c1ccc(CBr)cc1)C(C)C. The van der Waals surface area contributed by atoms with Crippen molar-refractivity contribution in [3.8, 4) is 0 Å². The molecule has 19 heavy (non-hydrogen) atoms. The van der Waals surface area contributed by atoms with Crippen molar-refractivity contribution in [1.82, 2.24) is 4.90 Å². The molecule has 1 rings (SSSR count). The maximum Gasteiger partial charge on any atom is 0.254 e. The minimum Gasteiger partial charge on any atom is -0.336 e. The van der Waals surface area contributed by atoms with Crippen LogP contribution in [0.3, 0.4) is 0 Å². The van der Waals surface area contributed by atoms with Crippen LogP contribution in [0.1, 0.15) is 56.0 Å². The smallest absolute Gasteiger partial charge is 0.254 e. The van der Waals surface area contributed by atoms with E-state index in [0.717, 1.165) is 23.9 Å². The van der Waals surface area contributed by atoms with Crippen LogP contribution in [0.25, 0.3) is 0 Å². The largest absolute Gasteiger partial charge is 0.336 e. The van der Waals surface area contributed by atoms with E-state index >= 15 is 0 Å². The third kappa shape index (κ3) is 4.98. The molecule has 0 aliphatic carbocycles. The summed E-state index contributed by atoms with van der Waals surface area (Å²) in [6, 6.07) is 8.11. The average molecular weight is 326 g/mol. The standard InChI is InChI=1S/C16H24BrNO/c1-4-5-6-11-18(13(2)3)16(19)15-9-7-14(12-17)8-10-15/h7-10,13H,4-6,11-12H2,1-3H3. The van der Waals surface area contributed by atoms with Crippen LogP contribution < -0.4 is 0 Å². The van der Waals surface area contributed by atoms with Gasteiger partial charge in [0, 0.05) is 23.5 Å². The minimum absolute atomic E-state index is 0.146. The third-order valence-corrected chi connectivity index (χ3v) is 3.89. The van der Waals surface area contributed by atoms with Crippen molar-refractivity contribution < 1.29 is 4.79 Å². The first-order valence-corrected chi connectivity index (χ1v) is 8.18. The van der Waals surface area contributed by atoms with Gasteiger partial charge in [-0.3, -0.25) is 4.79 Å². The number of alkyl halides is 1. The number of halogens is 1. The first kappa shape index (κ1) is 16.2. The summed E-state index contributed by atoms with van der Waals surface area (Å²) < 4.78 is 0. The Morgan fingerprint density at radius 3 is 2.32 bits per heavy atom. The van der Waals surface area contributed by atoms with Gasteiger partial charge < -0.3 is 4.90 Å². The average Bonchev–Trinajstić information content (AvgIpc) is 2.42. The molecule has 0 bridgehead atoms. The minimum atomic E-state index is 0.146. The lowest BCUT2D eigenvalue weighted by molar-refractivity contribution is 0.0702. The van der Waals surface area contributed by atoms with Crippen molar-refractivity contribution in [2.24, 2.45) is 0 Å². The van der Waals surface area contributed by atoms with Crippen LogP contribution in [0.15, 0.2) is 24.3 Å². The van der Waals surface area contributed by atoms with Crippen molar-refractivity contribution in [3.05, 3.63) is 35.4 Å². The Kier molecular flexibility index (Phi) is 7.14. The molecule has 1 aromatic rings. The van der Waals surface area contributed by atoms with Crippen molar-refractivity contribution in [2.45, 2.75) is 51.4 Å². The first-order valence-electron chi connectivity index (χ1n) is 7.06. The van der Waals surface area contributed by atoms with Gasteiger partial charge >= 0.3 is 0 Å². The summed E-state index contributed by atoms with van der Waals surface area (Å²) in [4.78, 5) is 14.5. The van der Waals surface area contributed by atoms with E-state index in [4.69, 9.17) is 0 Å². The van der Waals surface area contributed by atoms with Crippen LogP contribution in [0, 0.1) is 0 Å². The second kappa shape index (κ2) is 8.36. The van der Waals surface area contributed by atoms with E-state index in [9.17, 15) is 4.79 Å². The van der Waals surface area contributed by atoms with Crippen molar-refractivity contribution in [2.75, 3.05) is 6.54 Å². The monoisotopic (exact) mass is 325 g/mol. The molecule has 0 aliphatic heterocycles. The maximum atomic E-state index is 12.5. The topological polar surface area (TPSA) is 20.3 Å². The molecule has 106 valence electrons. The molecule has 0 saturated carbocycles. The lowest BCUT2D eigenvalue weighted by Gasteiger charge is -2.27. The Labute approximate surface area is 125 Å². The fourth-order valence-electron chi connectivity index (χ4n) is 2.03. The van der Waals surface area contributed by atoms with Gasteiger partial charge in [-0.05, 0) is 38.0 Å². The van der Waals surface area contributed by atoms with Crippen molar-refractivity contribution >= 4 is 21.8 Å². The fraction of sp³-hybridized carbons (Fsp3) is 0.562.